The topological polar surface area (TPSA) is 114 Å². The zero-order chi connectivity index (χ0) is 23.4. The van der Waals surface area contributed by atoms with Crippen molar-refractivity contribution in [3.8, 4) is 0 Å². The molecule has 0 aliphatic carbocycles. The maximum absolute atomic E-state index is 13.5. The lowest BCUT2D eigenvalue weighted by Gasteiger charge is -2.30. The highest BCUT2D eigenvalue weighted by Gasteiger charge is 2.35. The van der Waals surface area contributed by atoms with E-state index in [1.807, 2.05) is 13.8 Å². The van der Waals surface area contributed by atoms with Crippen LogP contribution in [0.25, 0.3) is 5.57 Å². The number of hydrogen-bond donors (Lipinski definition) is 2. The zero-order valence-electron chi connectivity index (χ0n) is 18.1. The van der Waals surface area contributed by atoms with Gasteiger partial charge in [-0.25, -0.2) is 27.7 Å². The fraction of sp³-hybridized carbons (Fsp3) is 0.632. The van der Waals surface area contributed by atoms with Crippen LogP contribution in [0.15, 0.2) is 17.4 Å². The summed E-state index contributed by atoms with van der Waals surface area (Å²) >= 11 is 0. The van der Waals surface area contributed by atoms with Crippen LogP contribution >= 0.6 is 0 Å². The van der Waals surface area contributed by atoms with Crippen molar-refractivity contribution in [2.24, 2.45) is 16.6 Å². The lowest BCUT2D eigenvalue weighted by atomic mass is 10.1. The Morgan fingerprint density at radius 2 is 2.03 bits per heavy atom. The minimum absolute atomic E-state index is 0.00608. The van der Waals surface area contributed by atoms with E-state index in [0.29, 0.717) is 31.8 Å². The van der Waals surface area contributed by atoms with Crippen molar-refractivity contribution in [3.63, 3.8) is 0 Å². The second-order valence-electron chi connectivity index (χ2n) is 7.71. The summed E-state index contributed by atoms with van der Waals surface area (Å²) in [4.78, 5) is 12.0. The van der Waals surface area contributed by atoms with Gasteiger partial charge in [0.15, 0.2) is 0 Å². The lowest BCUT2D eigenvalue weighted by molar-refractivity contribution is -0.138. The van der Waals surface area contributed by atoms with Crippen molar-refractivity contribution in [2.45, 2.75) is 52.3 Å². The number of allylic oxidation sites excluding steroid dienone is 1. The van der Waals surface area contributed by atoms with Crippen LogP contribution in [-0.2, 0) is 16.2 Å². The van der Waals surface area contributed by atoms with Crippen molar-refractivity contribution in [1.82, 2.24) is 14.3 Å². The van der Waals surface area contributed by atoms with Gasteiger partial charge in [-0.2, -0.15) is 13.2 Å². The molecule has 0 amide bonds. The summed E-state index contributed by atoms with van der Waals surface area (Å²) in [6.45, 7) is 5.96. The van der Waals surface area contributed by atoms with E-state index in [1.165, 1.54) is 17.4 Å². The van der Waals surface area contributed by atoms with Gasteiger partial charge in [-0.05, 0) is 31.8 Å². The van der Waals surface area contributed by atoms with Gasteiger partial charge in [0.25, 0.3) is 0 Å². The Morgan fingerprint density at radius 1 is 1.42 bits per heavy atom. The van der Waals surface area contributed by atoms with Crippen LogP contribution in [0.1, 0.15) is 51.3 Å². The fourth-order valence-electron chi connectivity index (χ4n) is 3.04. The molecule has 1 saturated heterocycles. The second-order valence-corrected chi connectivity index (χ2v) is 9.69. The first-order valence-corrected chi connectivity index (χ1v) is 11.8. The molecule has 2 rings (SSSR count). The number of halogens is 3. The number of rotatable bonds is 7. The molecule has 1 aromatic rings. The highest BCUT2D eigenvalue weighted by Crippen LogP contribution is 2.34. The molecule has 0 bridgehead atoms. The number of nitrogens with two attached hydrogens (primary N) is 1. The molecule has 31 heavy (non-hydrogen) atoms. The number of anilines is 1. The van der Waals surface area contributed by atoms with Gasteiger partial charge in [0.05, 0.1) is 17.5 Å². The van der Waals surface area contributed by atoms with Gasteiger partial charge in [-0.15, -0.1) is 0 Å². The minimum Gasteiger partial charge on any atom is -0.387 e. The summed E-state index contributed by atoms with van der Waals surface area (Å²) < 4.78 is 65.1. The van der Waals surface area contributed by atoms with E-state index < -0.39 is 21.8 Å². The van der Waals surface area contributed by atoms with Crippen LogP contribution < -0.4 is 11.1 Å². The highest BCUT2D eigenvalue weighted by molar-refractivity contribution is 7.88. The van der Waals surface area contributed by atoms with Gasteiger partial charge in [0.2, 0.25) is 16.0 Å². The molecule has 1 atom stereocenters. The predicted octanol–water partition coefficient (Wildman–Crippen LogP) is 3.10. The van der Waals surface area contributed by atoms with E-state index in [0.717, 1.165) is 18.9 Å². The molecule has 1 aliphatic heterocycles. The number of nitrogens with one attached hydrogen (secondary N) is 1. The lowest BCUT2D eigenvalue weighted by Crippen LogP contribution is -2.42. The number of sulfonamides is 1. The maximum atomic E-state index is 13.5. The quantitative estimate of drug-likeness (QED) is 0.476. The number of hydrogen-bond acceptors (Lipinski definition) is 6. The summed E-state index contributed by atoms with van der Waals surface area (Å²) in [5.74, 6) is 0.388. The third-order valence-electron chi connectivity index (χ3n) is 5.25. The van der Waals surface area contributed by atoms with Gasteiger partial charge in [-0.3, -0.25) is 0 Å². The Bertz CT molecular complexity index is 938. The van der Waals surface area contributed by atoms with E-state index in [9.17, 15) is 21.6 Å². The molecule has 8 nitrogen and oxygen atoms in total. The van der Waals surface area contributed by atoms with E-state index in [4.69, 9.17) is 5.73 Å². The third kappa shape index (κ3) is 6.89. The molecule has 0 aromatic carbocycles. The number of nitrogens with zero attached hydrogens (tertiary/aromatic N) is 4. The van der Waals surface area contributed by atoms with Crippen molar-refractivity contribution in [1.29, 1.82) is 0 Å². The molecule has 12 heteroatoms. The SMILES string of the molecule is CCC(C)C(N)=N/C=C(\C)c1nc(NC2CCN(S(C)(=O)=O)CC2)ncc1C(F)(F)F. The van der Waals surface area contributed by atoms with Crippen LogP contribution in [0.5, 0.6) is 0 Å². The normalized spacial score (nSPS) is 18.8. The van der Waals surface area contributed by atoms with E-state index >= 15 is 0 Å². The van der Waals surface area contributed by atoms with Crippen molar-refractivity contribution < 1.29 is 21.6 Å². The monoisotopic (exact) mass is 462 g/mol. The Hall–Kier alpha value is -2.21. The molecule has 1 unspecified atom stereocenters. The summed E-state index contributed by atoms with van der Waals surface area (Å²) in [5, 5.41) is 3.02. The average molecular weight is 463 g/mol. The summed E-state index contributed by atoms with van der Waals surface area (Å²) in [7, 11) is -3.26. The van der Waals surface area contributed by atoms with Gasteiger partial charge < -0.3 is 11.1 Å². The number of alkyl halides is 3. The third-order valence-corrected chi connectivity index (χ3v) is 6.55. The molecule has 0 saturated carbocycles. The Balaban J connectivity index is 2.26. The van der Waals surface area contributed by atoms with Crippen molar-refractivity contribution >= 4 is 27.4 Å². The van der Waals surface area contributed by atoms with Crippen LogP contribution in [0.2, 0.25) is 0 Å². The van der Waals surface area contributed by atoms with Gasteiger partial charge in [0, 0.05) is 37.4 Å². The number of aromatic nitrogens is 2. The zero-order valence-corrected chi connectivity index (χ0v) is 18.9. The molecule has 3 N–H and O–H groups in total. The fourth-order valence-corrected chi connectivity index (χ4v) is 3.92. The van der Waals surface area contributed by atoms with E-state index in [2.05, 4.69) is 20.3 Å². The first-order chi connectivity index (χ1) is 14.3. The second kappa shape index (κ2) is 9.94. The molecule has 1 aromatic heterocycles. The smallest absolute Gasteiger partial charge is 0.387 e. The minimum atomic E-state index is -4.63. The van der Waals surface area contributed by atoms with Gasteiger partial charge >= 0.3 is 6.18 Å². The summed E-state index contributed by atoms with van der Waals surface area (Å²) in [5.41, 5.74) is 4.83. The molecular weight excluding hydrogens is 433 g/mol. The number of aliphatic imine (C=N–C) groups is 1. The summed E-state index contributed by atoms with van der Waals surface area (Å²) in [6, 6.07) is -0.147. The standard InChI is InChI=1S/C19H29F3N6O2S/c1-5-12(2)17(23)24-10-13(3)16-15(19(20,21)22)11-25-18(27-16)26-14-6-8-28(9-7-14)31(4,29)30/h10-12,14H,5-9H2,1-4H3,(H2,23,24)(H,25,26,27)/b13-10+. The molecule has 0 spiro atoms. The number of amidine groups is 1. The van der Waals surface area contributed by atoms with E-state index in [1.54, 1.807) is 0 Å². The number of piperidine rings is 1. The Kier molecular flexibility index (Phi) is 8.04. The predicted molar refractivity (Wildman–Crippen MR) is 115 cm³/mol. The molecule has 0 radical (unpaired) electrons. The van der Waals surface area contributed by atoms with Gasteiger partial charge in [0.1, 0.15) is 5.84 Å². The largest absolute Gasteiger partial charge is 0.419 e. The average Bonchev–Trinajstić information content (AvgIpc) is 2.70. The van der Waals surface area contributed by atoms with Crippen molar-refractivity contribution in [2.75, 3.05) is 24.7 Å². The first kappa shape index (κ1) is 25.1. The Morgan fingerprint density at radius 3 is 2.55 bits per heavy atom. The molecule has 1 aliphatic rings. The summed E-state index contributed by atoms with van der Waals surface area (Å²) in [6.07, 6.45) is 0.306. The molecule has 1 fully saturated rings. The Labute approximate surface area is 180 Å². The highest BCUT2D eigenvalue weighted by atomic mass is 32.2. The molecule has 2 heterocycles. The maximum Gasteiger partial charge on any atom is 0.419 e. The van der Waals surface area contributed by atoms with Gasteiger partial charge in [-0.1, -0.05) is 13.8 Å². The van der Waals surface area contributed by atoms with E-state index in [-0.39, 0.29) is 29.2 Å². The van der Waals surface area contributed by atoms with Crippen LogP contribution in [-0.4, -0.2) is 53.9 Å². The van der Waals surface area contributed by atoms with Crippen LogP contribution in [0.4, 0.5) is 19.1 Å². The van der Waals surface area contributed by atoms with Crippen molar-refractivity contribution in [3.05, 3.63) is 23.7 Å². The van der Waals surface area contributed by atoms with Crippen LogP contribution in [0.3, 0.4) is 0 Å². The van der Waals surface area contributed by atoms with Crippen LogP contribution in [0, 0.1) is 5.92 Å². The first-order valence-electron chi connectivity index (χ1n) is 9.99. The molecule has 174 valence electrons. The molecular formula is C19H29F3N6O2S.